The number of esters is 2. The third-order valence-corrected chi connectivity index (χ3v) is 20.2. The number of nitrogens with two attached hydrogens (primary N) is 1. The van der Waals surface area contributed by atoms with E-state index >= 15 is 0 Å². The van der Waals surface area contributed by atoms with Crippen LogP contribution >= 0.6 is 25.9 Å². The highest BCUT2D eigenvalue weighted by Crippen LogP contribution is 2.56. The molecule has 0 bridgehead atoms. The number of hydrogen-bond donors (Lipinski definition) is 4. The molecule has 4 heterocycles. The van der Waals surface area contributed by atoms with E-state index in [0.29, 0.717) is 80.6 Å². The van der Waals surface area contributed by atoms with E-state index in [1.807, 2.05) is 96.1 Å². The van der Waals surface area contributed by atoms with Crippen LogP contribution in [0.5, 0.6) is 0 Å². The Bertz CT molecular complexity index is 3720. The molecule has 472 valence electrons. The largest absolute Gasteiger partial charge is 0.460 e. The molecule has 5 N–H and O–H groups in total. The summed E-state index contributed by atoms with van der Waals surface area (Å²) < 4.78 is 36.1. The number of nitriles is 2. The summed E-state index contributed by atoms with van der Waals surface area (Å²) in [6.45, 7) is 26.8. The number of carbonyl (C=O) groups is 2. The molecule has 2 aliphatic carbocycles. The zero-order valence-corrected chi connectivity index (χ0v) is 56.2. The Morgan fingerprint density at radius 2 is 1.04 bits per heavy atom. The lowest BCUT2D eigenvalue weighted by Crippen LogP contribution is -2.48. The van der Waals surface area contributed by atoms with E-state index < -0.39 is 19.9 Å². The lowest BCUT2D eigenvalue weighted by Gasteiger charge is -2.52. The molecule has 0 unspecified atom stereocenters. The lowest BCUT2D eigenvalue weighted by atomic mass is 9.57. The van der Waals surface area contributed by atoms with Crippen LogP contribution in [0.25, 0.3) is 0 Å². The number of hydrogen-bond acceptors (Lipinski definition) is 18. The van der Waals surface area contributed by atoms with Crippen LogP contribution in [0.2, 0.25) is 5.28 Å². The number of anilines is 9. The van der Waals surface area contributed by atoms with Crippen LogP contribution in [0.3, 0.4) is 0 Å². The molecule has 6 aromatic rings. The highest BCUT2D eigenvalue weighted by molar-refractivity contribution is 7.70. The average Bonchev–Trinajstić information content (AvgIpc) is 1.80. The highest BCUT2D eigenvalue weighted by atomic mass is 35.5. The zero-order chi connectivity index (χ0) is 64.7. The summed E-state index contributed by atoms with van der Waals surface area (Å²) in [5.74, 6) is 1.85. The minimum Gasteiger partial charge on any atom is -0.460 e. The minimum atomic E-state index is -2.55. The molecule has 2 saturated heterocycles. The summed E-state index contributed by atoms with van der Waals surface area (Å²) in [6, 6.07) is 31.2. The maximum absolute atomic E-state index is 12.8. The smallest absolute Gasteiger partial charge is 0.306 e. The van der Waals surface area contributed by atoms with Gasteiger partial charge < -0.3 is 50.1 Å². The van der Waals surface area contributed by atoms with Crippen LogP contribution in [0.1, 0.15) is 128 Å². The Hall–Kier alpha value is -7.49. The Morgan fingerprint density at radius 3 is 1.46 bits per heavy atom. The second kappa shape index (κ2) is 27.7. The topological polar surface area (TPSA) is 254 Å². The van der Waals surface area contributed by atoms with Gasteiger partial charge in [-0.2, -0.15) is 20.5 Å². The third-order valence-electron chi connectivity index (χ3n) is 16.9. The third kappa shape index (κ3) is 18.3. The molecule has 2 saturated carbocycles. The zero-order valence-electron chi connectivity index (χ0n) is 53.7. The first-order chi connectivity index (χ1) is 41.8. The first-order valence-corrected chi connectivity index (χ1v) is 36.1. The average molecular weight is 1270 g/mol. The standard InChI is InChI=1S/C34H43N6O3P.C21H32N2O2.C13H12ClN4OP/c1-23-17-26(37-32-36-22-25(21-35)31(39-32)38-27-9-7-8-10-29(27)44(5,6)42)11-12-28(23)40-15-13-34(14-16-40)19-24(20-34)18-30(41)43-33(2,3)4;1-15-11-17(22)5-6-18(15)23-9-7-21(8-10-23)13-16(14-21)12-19(24)25-20(2,3)4;1-20(2,19)11-6-4-3-5-10(11)17-12-9(7-15)8-16-13(14)18-12/h7-12,17,22,24H,13-16,18-20H2,1-6H3,(H2,36,37,38,39);5-6,11,16H,7-10,12-14,22H2,1-4H3;3-6,8H,1-2H3,(H,16,17,18). The molecule has 0 amide bonds. The van der Waals surface area contributed by atoms with Crippen molar-refractivity contribution in [3.63, 3.8) is 0 Å². The fourth-order valence-corrected chi connectivity index (χ4v) is 15.3. The number of aryl methyl sites for hydroxylation is 2. The van der Waals surface area contributed by atoms with Crippen molar-refractivity contribution in [2.45, 2.75) is 131 Å². The van der Waals surface area contributed by atoms with E-state index in [1.54, 1.807) is 38.8 Å². The van der Waals surface area contributed by atoms with E-state index in [1.165, 1.54) is 55.0 Å². The number of carbonyl (C=O) groups excluding carboxylic acids is 2. The molecule has 4 fully saturated rings. The second-order valence-electron chi connectivity index (χ2n) is 27.3. The number of para-hydroxylation sites is 2. The maximum Gasteiger partial charge on any atom is 0.306 e. The van der Waals surface area contributed by atoms with E-state index in [2.05, 4.69) is 89.9 Å². The predicted octanol–water partition coefficient (Wildman–Crippen LogP) is 14.4. The van der Waals surface area contributed by atoms with Crippen molar-refractivity contribution in [1.29, 1.82) is 10.5 Å². The van der Waals surface area contributed by atoms with Crippen molar-refractivity contribution in [1.82, 2.24) is 19.9 Å². The summed E-state index contributed by atoms with van der Waals surface area (Å²) in [4.78, 5) is 45.9. The normalized spacial score (nSPS) is 16.4. The number of nitrogen functional groups attached to an aromatic ring is 1. The van der Waals surface area contributed by atoms with Gasteiger partial charge in [0.25, 0.3) is 0 Å². The molecular formula is C68H87ClN12O6P2. The molecule has 21 heteroatoms. The summed E-state index contributed by atoms with van der Waals surface area (Å²) in [6.07, 6.45) is 13.3. The van der Waals surface area contributed by atoms with Gasteiger partial charge in [0.1, 0.15) is 48.8 Å². The van der Waals surface area contributed by atoms with Gasteiger partial charge in [0.15, 0.2) is 11.6 Å². The number of piperidine rings is 2. The van der Waals surface area contributed by atoms with Crippen LogP contribution in [0, 0.1) is 59.2 Å². The number of ether oxygens (including phenoxy) is 2. The predicted molar refractivity (Wildman–Crippen MR) is 360 cm³/mol. The van der Waals surface area contributed by atoms with Crippen molar-refractivity contribution >= 4 is 100 Å². The summed E-state index contributed by atoms with van der Waals surface area (Å²) in [5, 5.41) is 29.6. The van der Waals surface area contributed by atoms with Crippen LogP contribution in [0.15, 0.2) is 97.3 Å². The summed E-state index contributed by atoms with van der Waals surface area (Å²) in [5.41, 5.74) is 14.4. The number of rotatable bonds is 14. The molecule has 2 aliphatic heterocycles. The molecule has 2 spiro atoms. The quantitative estimate of drug-likeness (QED) is 0.0342. The molecule has 89 heavy (non-hydrogen) atoms. The molecule has 2 aromatic heterocycles. The SMILES string of the molecule is CP(C)(=O)c1ccccc1Nc1nc(Cl)ncc1C#N.Cc1cc(N)ccc1N1CCC2(CC1)CC(CC(=O)OC(C)(C)C)C2.Cc1cc(Nc2ncc(C#N)c(Nc3ccccc3P(C)(C)=O)n2)ccc1N1CCC2(CC1)CC(CC(=O)OC(C)(C)C)C2. The molecule has 0 atom stereocenters. The number of halogens is 1. The van der Waals surface area contributed by atoms with Crippen molar-refractivity contribution in [2.75, 3.05) is 84.3 Å². The minimum absolute atomic E-state index is 0.0396. The fraction of sp³-hybridized carbons (Fsp3) is 0.471. The van der Waals surface area contributed by atoms with Gasteiger partial charge >= 0.3 is 11.9 Å². The van der Waals surface area contributed by atoms with Crippen LogP contribution in [-0.4, -0.2) is 95.9 Å². The molecule has 18 nitrogen and oxygen atoms in total. The van der Waals surface area contributed by atoms with Gasteiger partial charge in [-0.15, -0.1) is 0 Å². The number of aromatic nitrogens is 4. The van der Waals surface area contributed by atoms with Gasteiger partial charge in [-0.25, -0.2) is 9.97 Å². The Morgan fingerprint density at radius 1 is 0.629 bits per heavy atom. The fourth-order valence-electron chi connectivity index (χ4n) is 12.9. The van der Waals surface area contributed by atoms with Crippen molar-refractivity contribution in [3.05, 3.63) is 125 Å². The monoisotopic (exact) mass is 1260 g/mol. The maximum atomic E-state index is 12.8. The van der Waals surface area contributed by atoms with Crippen LogP contribution < -0.4 is 42.1 Å². The van der Waals surface area contributed by atoms with E-state index in [0.717, 1.165) is 68.8 Å². The van der Waals surface area contributed by atoms with Gasteiger partial charge in [-0.1, -0.05) is 24.3 Å². The Balaban J connectivity index is 0.000000191. The van der Waals surface area contributed by atoms with E-state index in [-0.39, 0.29) is 28.4 Å². The molecular weight excluding hydrogens is 1180 g/mol. The molecule has 10 rings (SSSR count). The van der Waals surface area contributed by atoms with Gasteiger partial charge in [0, 0.05) is 72.4 Å². The van der Waals surface area contributed by atoms with Crippen LogP contribution in [-0.2, 0) is 28.2 Å². The van der Waals surface area contributed by atoms with Gasteiger partial charge in [0.05, 0.1) is 23.8 Å². The molecule has 0 radical (unpaired) electrons. The second-order valence-corrected chi connectivity index (χ2v) is 34.0. The number of nitrogens with zero attached hydrogens (tertiary/aromatic N) is 8. The Kier molecular flexibility index (Phi) is 21.0. The Labute approximate surface area is 530 Å². The molecule has 4 aliphatic rings. The van der Waals surface area contributed by atoms with E-state index in [4.69, 9.17) is 32.1 Å². The van der Waals surface area contributed by atoms with Gasteiger partial charge in [-0.3, -0.25) is 9.59 Å². The van der Waals surface area contributed by atoms with Gasteiger partial charge in [-0.05, 0) is 239 Å². The summed E-state index contributed by atoms with van der Waals surface area (Å²) >= 11 is 5.74. The number of nitrogens with one attached hydrogen (secondary N) is 3. The number of benzene rings is 4. The lowest BCUT2D eigenvalue weighted by molar-refractivity contribution is -0.159. The van der Waals surface area contributed by atoms with E-state index in [9.17, 15) is 24.0 Å². The van der Waals surface area contributed by atoms with Crippen LogP contribution in [0.4, 0.5) is 51.7 Å². The van der Waals surface area contributed by atoms with Crippen molar-refractivity contribution in [2.24, 2.45) is 22.7 Å². The highest BCUT2D eigenvalue weighted by Gasteiger charge is 2.48. The van der Waals surface area contributed by atoms with Crippen molar-refractivity contribution in [3.8, 4) is 12.1 Å². The first kappa shape index (κ1) is 67.4. The summed E-state index contributed by atoms with van der Waals surface area (Å²) in [7, 11) is -5.00. The molecule has 4 aromatic carbocycles. The first-order valence-electron chi connectivity index (χ1n) is 30.5. The van der Waals surface area contributed by atoms with Crippen molar-refractivity contribution < 1.29 is 28.2 Å². The van der Waals surface area contributed by atoms with Gasteiger partial charge in [0.2, 0.25) is 11.2 Å².